The van der Waals surface area contributed by atoms with E-state index in [4.69, 9.17) is 4.98 Å². The van der Waals surface area contributed by atoms with E-state index in [0.717, 1.165) is 55.8 Å². The van der Waals surface area contributed by atoms with Crippen molar-refractivity contribution in [2.75, 3.05) is 19.6 Å². The van der Waals surface area contributed by atoms with Crippen LogP contribution in [0.2, 0.25) is 19.6 Å². The molecule has 0 saturated carbocycles. The van der Waals surface area contributed by atoms with Crippen LogP contribution < -0.4 is 5.56 Å². The summed E-state index contributed by atoms with van der Waals surface area (Å²) in [5.41, 5.74) is 7.67. The lowest BCUT2D eigenvalue weighted by Gasteiger charge is -2.26. The number of rotatable bonds is 5. The molecule has 32 heavy (non-hydrogen) atoms. The van der Waals surface area contributed by atoms with Gasteiger partial charge in [-0.3, -0.25) is 9.69 Å². The van der Waals surface area contributed by atoms with Crippen molar-refractivity contribution in [3.05, 3.63) is 81.9 Å². The molecule has 4 rings (SSSR count). The number of H-pyrrole nitrogens is 1. The largest absolute Gasteiger partial charge is 0.310 e. The summed E-state index contributed by atoms with van der Waals surface area (Å²) in [6.07, 6.45) is 5.14. The quantitative estimate of drug-likeness (QED) is 0.454. The number of aromatic nitrogens is 2. The van der Waals surface area contributed by atoms with Gasteiger partial charge in [0.05, 0.1) is 16.5 Å². The Kier molecular flexibility index (Phi) is 6.74. The minimum atomic E-state index is -1.51. The first kappa shape index (κ1) is 22.3. The molecule has 0 unspecified atom stereocenters. The lowest BCUT2D eigenvalue weighted by Crippen LogP contribution is -2.30. The monoisotopic (exact) mass is 441 g/mol. The molecule has 0 bridgehead atoms. The normalized spacial score (nSPS) is 14.7. The van der Waals surface area contributed by atoms with Crippen LogP contribution >= 0.6 is 0 Å². The fourth-order valence-electron chi connectivity index (χ4n) is 3.98. The SMILES string of the molecule is C[Si](C)(C)C#Cc1cccc2c(=O)[nH]c(CCCN3CC=C(c4ccccc4)CC3)nc12. The topological polar surface area (TPSA) is 49.0 Å². The number of aromatic amines is 1. The summed E-state index contributed by atoms with van der Waals surface area (Å²) in [6, 6.07) is 16.3. The highest BCUT2D eigenvalue weighted by molar-refractivity contribution is 6.83. The van der Waals surface area contributed by atoms with Crippen LogP contribution in [0.3, 0.4) is 0 Å². The summed E-state index contributed by atoms with van der Waals surface area (Å²) >= 11 is 0. The summed E-state index contributed by atoms with van der Waals surface area (Å²) in [5, 5.41) is 0.616. The lowest BCUT2D eigenvalue weighted by atomic mass is 9.99. The molecule has 2 heterocycles. The minimum absolute atomic E-state index is 0.0740. The Morgan fingerprint density at radius 3 is 2.62 bits per heavy atom. The van der Waals surface area contributed by atoms with Crippen LogP contribution in [-0.4, -0.2) is 42.6 Å². The van der Waals surface area contributed by atoms with Crippen LogP contribution in [0.5, 0.6) is 0 Å². The lowest BCUT2D eigenvalue weighted by molar-refractivity contribution is 0.297. The van der Waals surface area contributed by atoms with E-state index in [9.17, 15) is 4.79 Å². The predicted molar refractivity (Wildman–Crippen MR) is 136 cm³/mol. The van der Waals surface area contributed by atoms with Gasteiger partial charge in [0, 0.05) is 19.5 Å². The summed E-state index contributed by atoms with van der Waals surface area (Å²) in [6.45, 7) is 9.69. The fraction of sp³-hybridized carbons (Fsp3) is 0.333. The number of benzene rings is 2. The zero-order valence-corrected chi connectivity index (χ0v) is 20.2. The van der Waals surface area contributed by atoms with Crippen LogP contribution in [0.15, 0.2) is 59.4 Å². The molecule has 2 aromatic carbocycles. The van der Waals surface area contributed by atoms with E-state index < -0.39 is 8.07 Å². The highest BCUT2D eigenvalue weighted by atomic mass is 28.3. The second kappa shape index (κ2) is 9.68. The Morgan fingerprint density at radius 2 is 1.91 bits per heavy atom. The van der Waals surface area contributed by atoms with Crippen molar-refractivity contribution in [1.29, 1.82) is 0 Å². The molecule has 3 aromatic rings. The van der Waals surface area contributed by atoms with Gasteiger partial charge in [0.2, 0.25) is 0 Å². The minimum Gasteiger partial charge on any atom is -0.310 e. The third kappa shape index (κ3) is 5.64. The van der Waals surface area contributed by atoms with Gasteiger partial charge in [0.15, 0.2) is 0 Å². The fourth-order valence-corrected chi connectivity index (χ4v) is 4.49. The predicted octanol–water partition coefficient (Wildman–Crippen LogP) is 4.87. The van der Waals surface area contributed by atoms with Gasteiger partial charge in [0.1, 0.15) is 13.9 Å². The third-order valence-corrected chi connectivity index (χ3v) is 6.56. The first-order valence-corrected chi connectivity index (χ1v) is 14.9. The number of fused-ring (bicyclic) bond motifs is 1. The van der Waals surface area contributed by atoms with E-state index in [2.05, 4.69) is 77.4 Å². The van der Waals surface area contributed by atoms with E-state index in [1.807, 2.05) is 18.2 Å². The molecular weight excluding hydrogens is 410 g/mol. The molecular formula is C27H31N3OSi. The van der Waals surface area contributed by atoms with E-state index in [0.29, 0.717) is 5.39 Å². The molecule has 0 aliphatic carbocycles. The van der Waals surface area contributed by atoms with E-state index in [-0.39, 0.29) is 5.56 Å². The Labute approximate surface area is 191 Å². The molecule has 0 spiro atoms. The van der Waals surface area contributed by atoms with Gasteiger partial charge in [0.25, 0.3) is 5.56 Å². The Hall–Kier alpha value is -2.94. The second-order valence-corrected chi connectivity index (χ2v) is 14.2. The smallest absolute Gasteiger partial charge is 0.258 e. The van der Waals surface area contributed by atoms with Crippen molar-refractivity contribution in [3.63, 3.8) is 0 Å². The van der Waals surface area contributed by atoms with Crippen molar-refractivity contribution in [2.24, 2.45) is 0 Å². The third-order valence-electron chi connectivity index (χ3n) is 5.68. The average Bonchev–Trinajstić information content (AvgIpc) is 2.78. The maximum atomic E-state index is 12.6. The molecule has 1 aliphatic rings. The van der Waals surface area contributed by atoms with Crippen molar-refractivity contribution in [3.8, 4) is 11.5 Å². The van der Waals surface area contributed by atoms with Gasteiger partial charge in [-0.25, -0.2) is 4.98 Å². The maximum absolute atomic E-state index is 12.6. The second-order valence-electron chi connectivity index (χ2n) is 9.46. The molecule has 164 valence electrons. The summed E-state index contributed by atoms with van der Waals surface area (Å²) < 4.78 is 0. The van der Waals surface area contributed by atoms with Crippen LogP contribution in [-0.2, 0) is 6.42 Å². The molecule has 0 amide bonds. The Balaban J connectivity index is 1.42. The number of hydrogen-bond donors (Lipinski definition) is 1. The highest BCUT2D eigenvalue weighted by Crippen LogP contribution is 2.22. The van der Waals surface area contributed by atoms with E-state index in [1.165, 1.54) is 11.1 Å². The Bertz CT molecular complexity index is 1240. The standard InChI is InChI=1S/C27H31N3OSi/c1-32(2,3)20-16-23-11-7-12-24-26(23)28-25(29-27(24)31)13-8-17-30-18-14-22(15-19-30)21-9-5-4-6-10-21/h4-7,9-12,14H,8,13,15,17-19H2,1-3H3,(H,28,29,31). The van der Waals surface area contributed by atoms with Gasteiger partial charge in [-0.15, -0.1) is 5.54 Å². The van der Waals surface area contributed by atoms with E-state index in [1.54, 1.807) is 0 Å². The number of aryl methyl sites for hydroxylation is 1. The first-order valence-electron chi connectivity index (χ1n) is 11.4. The van der Waals surface area contributed by atoms with Gasteiger partial charge in [-0.1, -0.05) is 68.0 Å². The molecule has 0 atom stereocenters. The van der Waals surface area contributed by atoms with Crippen LogP contribution in [0.1, 0.15) is 29.8 Å². The molecule has 1 aliphatic heterocycles. The Morgan fingerprint density at radius 1 is 1.09 bits per heavy atom. The van der Waals surface area contributed by atoms with Crippen molar-refractivity contribution < 1.29 is 0 Å². The molecule has 5 heteroatoms. The van der Waals surface area contributed by atoms with Gasteiger partial charge >= 0.3 is 0 Å². The van der Waals surface area contributed by atoms with Crippen molar-refractivity contribution in [1.82, 2.24) is 14.9 Å². The molecule has 1 aromatic heterocycles. The zero-order valence-electron chi connectivity index (χ0n) is 19.2. The molecule has 0 radical (unpaired) electrons. The number of nitrogens with zero attached hydrogens (tertiary/aromatic N) is 2. The average molecular weight is 442 g/mol. The van der Waals surface area contributed by atoms with Crippen LogP contribution in [0.4, 0.5) is 0 Å². The summed E-state index contributed by atoms with van der Waals surface area (Å²) in [7, 11) is -1.51. The van der Waals surface area contributed by atoms with Crippen molar-refractivity contribution >= 4 is 24.5 Å². The molecule has 4 nitrogen and oxygen atoms in total. The van der Waals surface area contributed by atoms with Gasteiger partial charge in [-0.05, 0) is 42.7 Å². The van der Waals surface area contributed by atoms with Crippen LogP contribution in [0.25, 0.3) is 16.5 Å². The number of nitrogens with one attached hydrogen (secondary N) is 1. The number of hydrogen-bond acceptors (Lipinski definition) is 3. The maximum Gasteiger partial charge on any atom is 0.258 e. The van der Waals surface area contributed by atoms with E-state index >= 15 is 0 Å². The summed E-state index contributed by atoms with van der Waals surface area (Å²) in [4.78, 5) is 22.9. The molecule has 1 N–H and O–H groups in total. The van der Waals surface area contributed by atoms with Crippen molar-refractivity contribution in [2.45, 2.75) is 38.9 Å². The molecule has 0 fully saturated rings. The number of para-hydroxylation sites is 1. The van der Waals surface area contributed by atoms with Gasteiger partial charge < -0.3 is 4.98 Å². The van der Waals surface area contributed by atoms with Gasteiger partial charge in [-0.2, -0.15) is 0 Å². The summed E-state index contributed by atoms with van der Waals surface area (Å²) in [5.74, 6) is 4.04. The molecule has 0 saturated heterocycles. The first-order chi connectivity index (χ1) is 15.4. The zero-order chi connectivity index (χ0) is 22.6. The highest BCUT2D eigenvalue weighted by Gasteiger charge is 2.14. The van der Waals surface area contributed by atoms with Crippen LogP contribution in [0, 0.1) is 11.5 Å².